The number of fused-ring (bicyclic) bond motifs is 1. The van der Waals surface area contributed by atoms with Crippen molar-refractivity contribution in [3.63, 3.8) is 0 Å². The third-order valence-electron chi connectivity index (χ3n) is 4.52. The van der Waals surface area contributed by atoms with Gasteiger partial charge in [0.05, 0.1) is 22.2 Å². The van der Waals surface area contributed by atoms with Crippen molar-refractivity contribution in [3.8, 4) is 23.0 Å². The second kappa shape index (κ2) is 8.93. The van der Waals surface area contributed by atoms with Crippen LogP contribution in [0.3, 0.4) is 0 Å². The first kappa shape index (κ1) is 20.5. The molecule has 4 rings (SSSR count). The molecule has 30 heavy (non-hydrogen) atoms. The number of ether oxygens (including phenoxy) is 2. The van der Waals surface area contributed by atoms with Crippen molar-refractivity contribution in [2.75, 3.05) is 19.8 Å². The standard InChI is InChI=1S/C21H19Cl2N3O4/c1-2-7-26(12-18-24-25-20(30-18)14-5-3-4-6-15(14)22)21(27)13-10-16(23)19-17(11-13)28-8-9-29-19/h3-6,10-11H,2,7-9,12H2,1H3. The Morgan fingerprint density at radius 1 is 1.10 bits per heavy atom. The molecule has 0 N–H and O–H groups in total. The number of benzene rings is 2. The molecule has 1 aromatic heterocycles. The summed E-state index contributed by atoms with van der Waals surface area (Å²) in [6.07, 6.45) is 0.759. The minimum absolute atomic E-state index is 0.163. The molecule has 7 nitrogen and oxygen atoms in total. The Bertz CT molecular complexity index is 1070. The lowest BCUT2D eigenvalue weighted by atomic mass is 10.1. The second-order valence-corrected chi connectivity index (χ2v) is 7.50. The summed E-state index contributed by atoms with van der Waals surface area (Å²) in [6.45, 7) is 3.49. The highest BCUT2D eigenvalue weighted by molar-refractivity contribution is 6.33. The van der Waals surface area contributed by atoms with Gasteiger partial charge in [0, 0.05) is 12.1 Å². The van der Waals surface area contributed by atoms with E-state index >= 15 is 0 Å². The molecule has 2 aromatic carbocycles. The van der Waals surface area contributed by atoms with Gasteiger partial charge in [-0.05, 0) is 30.7 Å². The van der Waals surface area contributed by atoms with Crippen molar-refractivity contribution >= 4 is 29.1 Å². The number of carbonyl (C=O) groups is 1. The molecule has 1 aliphatic heterocycles. The Labute approximate surface area is 183 Å². The van der Waals surface area contributed by atoms with Crippen LogP contribution < -0.4 is 9.47 Å². The van der Waals surface area contributed by atoms with Crippen LogP contribution in [0.5, 0.6) is 11.5 Å². The number of halogens is 2. The average molecular weight is 448 g/mol. The van der Waals surface area contributed by atoms with Crippen LogP contribution >= 0.6 is 23.2 Å². The topological polar surface area (TPSA) is 77.7 Å². The number of hydrogen-bond acceptors (Lipinski definition) is 6. The van der Waals surface area contributed by atoms with E-state index in [4.69, 9.17) is 37.1 Å². The van der Waals surface area contributed by atoms with Crippen LogP contribution in [0.2, 0.25) is 10.0 Å². The van der Waals surface area contributed by atoms with Crippen molar-refractivity contribution in [2.45, 2.75) is 19.9 Å². The van der Waals surface area contributed by atoms with Crippen molar-refractivity contribution in [1.82, 2.24) is 15.1 Å². The smallest absolute Gasteiger partial charge is 0.254 e. The molecule has 1 aliphatic rings. The molecule has 0 fully saturated rings. The first-order valence-corrected chi connectivity index (χ1v) is 10.3. The van der Waals surface area contributed by atoms with Gasteiger partial charge >= 0.3 is 0 Å². The van der Waals surface area contributed by atoms with Crippen molar-refractivity contribution < 1.29 is 18.7 Å². The first-order chi connectivity index (χ1) is 14.6. The van der Waals surface area contributed by atoms with Crippen molar-refractivity contribution in [2.24, 2.45) is 0 Å². The van der Waals surface area contributed by atoms with Gasteiger partial charge in [0.15, 0.2) is 11.5 Å². The number of rotatable bonds is 6. The van der Waals surface area contributed by atoms with Crippen molar-refractivity contribution in [1.29, 1.82) is 0 Å². The molecule has 1 amide bonds. The largest absolute Gasteiger partial charge is 0.486 e. The van der Waals surface area contributed by atoms with Gasteiger partial charge in [-0.2, -0.15) is 0 Å². The SMILES string of the molecule is CCCN(Cc1nnc(-c2ccccc2Cl)o1)C(=O)c1cc(Cl)c2c(c1)OCCO2. The molecule has 0 aliphatic carbocycles. The Kier molecular flexibility index (Phi) is 6.11. The molecular weight excluding hydrogens is 429 g/mol. The zero-order valence-electron chi connectivity index (χ0n) is 16.2. The molecule has 0 saturated carbocycles. The third-order valence-corrected chi connectivity index (χ3v) is 5.13. The molecule has 9 heteroatoms. The lowest BCUT2D eigenvalue weighted by molar-refractivity contribution is 0.0727. The molecule has 0 radical (unpaired) electrons. The van der Waals surface area contributed by atoms with Crippen LogP contribution in [-0.4, -0.2) is 40.8 Å². The molecule has 0 bridgehead atoms. The van der Waals surface area contributed by atoms with Crippen LogP contribution in [0.25, 0.3) is 11.5 Å². The summed E-state index contributed by atoms with van der Waals surface area (Å²) in [6, 6.07) is 10.4. The van der Waals surface area contributed by atoms with E-state index in [0.717, 1.165) is 6.42 Å². The molecule has 0 unspecified atom stereocenters. The van der Waals surface area contributed by atoms with E-state index in [9.17, 15) is 4.79 Å². The van der Waals surface area contributed by atoms with E-state index in [1.54, 1.807) is 29.2 Å². The normalized spacial score (nSPS) is 12.6. The number of amides is 1. The van der Waals surface area contributed by atoms with E-state index in [1.807, 2.05) is 19.1 Å². The average Bonchev–Trinajstić information content (AvgIpc) is 3.21. The molecule has 0 spiro atoms. The van der Waals surface area contributed by atoms with Gasteiger partial charge in [-0.3, -0.25) is 4.79 Å². The Hall–Kier alpha value is -2.77. The molecular formula is C21H19Cl2N3O4. The number of carbonyl (C=O) groups excluding carboxylic acids is 1. The highest BCUT2D eigenvalue weighted by atomic mass is 35.5. The van der Waals surface area contributed by atoms with E-state index in [-0.39, 0.29) is 12.5 Å². The van der Waals surface area contributed by atoms with E-state index < -0.39 is 0 Å². The first-order valence-electron chi connectivity index (χ1n) is 9.52. The zero-order valence-corrected chi connectivity index (χ0v) is 17.7. The van der Waals surface area contributed by atoms with Crippen molar-refractivity contribution in [3.05, 3.63) is 57.9 Å². The maximum absolute atomic E-state index is 13.2. The summed E-state index contributed by atoms with van der Waals surface area (Å²) in [5.41, 5.74) is 1.05. The Balaban J connectivity index is 1.57. The maximum Gasteiger partial charge on any atom is 0.254 e. The fraction of sp³-hybridized carbons (Fsp3) is 0.286. The van der Waals surface area contributed by atoms with Crippen LogP contribution in [0.1, 0.15) is 29.6 Å². The van der Waals surface area contributed by atoms with E-state index in [1.165, 1.54) is 0 Å². The number of aromatic nitrogens is 2. The molecule has 0 saturated heterocycles. The summed E-state index contributed by atoms with van der Waals surface area (Å²) < 4.78 is 16.9. The second-order valence-electron chi connectivity index (χ2n) is 6.69. The van der Waals surface area contributed by atoms with Gasteiger partial charge < -0.3 is 18.8 Å². The maximum atomic E-state index is 13.2. The zero-order chi connectivity index (χ0) is 21.1. The van der Waals surface area contributed by atoms with Gasteiger partial charge in [-0.15, -0.1) is 10.2 Å². The Morgan fingerprint density at radius 3 is 2.70 bits per heavy atom. The Morgan fingerprint density at radius 2 is 1.90 bits per heavy atom. The summed E-state index contributed by atoms with van der Waals surface area (Å²) in [4.78, 5) is 14.8. The minimum atomic E-state index is -0.215. The fourth-order valence-corrected chi connectivity index (χ4v) is 3.65. The van der Waals surface area contributed by atoms with Gasteiger partial charge in [0.25, 0.3) is 5.91 Å². The predicted octanol–water partition coefficient (Wildman–Crippen LogP) is 4.87. The number of hydrogen-bond donors (Lipinski definition) is 0. The molecule has 156 valence electrons. The van der Waals surface area contributed by atoms with Crippen LogP contribution in [0, 0.1) is 0 Å². The van der Waals surface area contributed by atoms with Gasteiger partial charge in [-0.1, -0.05) is 42.3 Å². The minimum Gasteiger partial charge on any atom is -0.486 e. The monoisotopic (exact) mass is 447 g/mol. The summed E-state index contributed by atoms with van der Waals surface area (Å²) in [7, 11) is 0. The molecule has 0 atom stereocenters. The van der Waals surface area contributed by atoms with Crippen LogP contribution in [0.15, 0.2) is 40.8 Å². The summed E-state index contributed by atoms with van der Waals surface area (Å²) in [5.74, 6) is 1.33. The highest BCUT2D eigenvalue weighted by Crippen LogP contribution is 2.38. The highest BCUT2D eigenvalue weighted by Gasteiger charge is 2.24. The number of nitrogens with zero attached hydrogens (tertiary/aromatic N) is 3. The third kappa shape index (κ3) is 4.22. The molecule has 3 aromatic rings. The van der Waals surface area contributed by atoms with E-state index in [2.05, 4.69) is 10.2 Å². The quantitative estimate of drug-likeness (QED) is 0.536. The molecule has 2 heterocycles. The van der Waals surface area contributed by atoms with Crippen LogP contribution in [-0.2, 0) is 6.54 Å². The summed E-state index contributed by atoms with van der Waals surface area (Å²) in [5, 5.41) is 9.00. The predicted molar refractivity (Wildman–Crippen MR) is 112 cm³/mol. The summed E-state index contributed by atoms with van der Waals surface area (Å²) >= 11 is 12.5. The fourth-order valence-electron chi connectivity index (χ4n) is 3.16. The lowest BCUT2D eigenvalue weighted by Crippen LogP contribution is -2.31. The van der Waals surface area contributed by atoms with Gasteiger partial charge in [0.2, 0.25) is 11.8 Å². The van der Waals surface area contributed by atoms with Crippen LogP contribution in [0.4, 0.5) is 0 Å². The van der Waals surface area contributed by atoms with Gasteiger partial charge in [0.1, 0.15) is 13.2 Å². The van der Waals surface area contributed by atoms with E-state index in [0.29, 0.717) is 64.2 Å². The van der Waals surface area contributed by atoms with Gasteiger partial charge in [-0.25, -0.2) is 0 Å². The lowest BCUT2D eigenvalue weighted by Gasteiger charge is -2.23.